The van der Waals surface area contributed by atoms with Gasteiger partial charge in [-0.3, -0.25) is 0 Å². The smallest absolute Gasteiger partial charge is 0.125 e. The number of aryl methyl sites for hydroxylation is 1. The van der Waals surface area contributed by atoms with Gasteiger partial charge in [-0.15, -0.1) is 0 Å². The summed E-state index contributed by atoms with van der Waals surface area (Å²) in [6.07, 6.45) is 2.68. The number of nitrogens with two attached hydrogens (primary N) is 1. The zero-order chi connectivity index (χ0) is 10.8. The summed E-state index contributed by atoms with van der Waals surface area (Å²) >= 11 is 0. The van der Waals surface area contributed by atoms with Gasteiger partial charge in [-0.1, -0.05) is 6.07 Å². The molecule has 1 aliphatic rings. The predicted molar refractivity (Wildman–Crippen MR) is 59.0 cm³/mol. The molecule has 0 saturated carbocycles. The van der Waals surface area contributed by atoms with Crippen molar-refractivity contribution in [3.63, 3.8) is 0 Å². The number of hydrogen-bond donors (Lipinski definition) is 2. The van der Waals surface area contributed by atoms with E-state index in [1.54, 1.807) is 7.11 Å². The quantitative estimate of drug-likeness (QED) is 0.782. The van der Waals surface area contributed by atoms with Gasteiger partial charge in [0.05, 0.1) is 13.2 Å². The van der Waals surface area contributed by atoms with Gasteiger partial charge in [0.15, 0.2) is 0 Å². The van der Waals surface area contributed by atoms with Gasteiger partial charge in [-0.25, -0.2) is 0 Å². The molecule has 1 aliphatic carbocycles. The van der Waals surface area contributed by atoms with Crippen LogP contribution >= 0.6 is 0 Å². The highest BCUT2D eigenvalue weighted by Crippen LogP contribution is 2.35. The van der Waals surface area contributed by atoms with E-state index < -0.39 is 6.10 Å². The molecule has 0 bridgehead atoms. The van der Waals surface area contributed by atoms with Crippen LogP contribution in [0.5, 0.6) is 5.75 Å². The van der Waals surface area contributed by atoms with Crippen LogP contribution in [0.4, 0.5) is 0 Å². The molecule has 0 spiro atoms. The molecule has 3 N–H and O–H groups in total. The second-order valence-corrected chi connectivity index (χ2v) is 3.92. The summed E-state index contributed by atoms with van der Waals surface area (Å²) in [5, 5.41) is 9.90. The van der Waals surface area contributed by atoms with E-state index >= 15 is 0 Å². The Kier molecular flexibility index (Phi) is 2.93. The maximum absolute atomic E-state index is 9.90. The number of benzene rings is 1. The van der Waals surface area contributed by atoms with E-state index in [0.29, 0.717) is 0 Å². The molecule has 0 radical (unpaired) electrons. The average Bonchev–Trinajstić information content (AvgIpc) is 2.74. The molecule has 0 saturated heterocycles. The minimum atomic E-state index is -0.604. The van der Waals surface area contributed by atoms with Crippen LogP contribution in [0.15, 0.2) is 12.1 Å². The van der Waals surface area contributed by atoms with Gasteiger partial charge in [0.25, 0.3) is 0 Å². The van der Waals surface area contributed by atoms with E-state index in [0.717, 1.165) is 30.6 Å². The monoisotopic (exact) mass is 207 g/mol. The highest BCUT2D eigenvalue weighted by molar-refractivity contribution is 5.48. The first-order chi connectivity index (χ1) is 7.27. The molecule has 0 fully saturated rings. The molecule has 15 heavy (non-hydrogen) atoms. The van der Waals surface area contributed by atoms with Crippen LogP contribution < -0.4 is 10.5 Å². The van der Waals surface area contributed by atoms with E-state index in [2.05, 4.69) is 6.07 Å². The average molecular weight is 207 g/mol. The van der Waals surface area contributed by atoms with Gasteiger partial charge in [0.1, 0.15) is 5.75 Å². The van der Waals surface area contributed by atoms with Crippen molar-refractivity contribution in [2.45, 2.75) is 25.4 Å². The standard InChI is InChI=1S/C12H17NO2/c1-15-11-6-5-8-3-2-4-9(8)12(11)10(14)7-13/h5-6,10,14H,2-4,7,13H2,1H3. The third kappa shape index (κ3) is 1.73. The number of aliphatic hydroxyl groups is 1. The molecule has 1 atom stereocenters. The normalized spacial score (nSPS) is 16.2. The summed E-state index contributed by atoms with van der Waals surface area (Å²) < 4.78 is 5.28. The molecular weight excluding hydrogens is 190 g/mol. The SMILES string of the molecule is COc1ccc2c(c1C(O)CN)CCC2. The number of hydrogen-bond acceptors (Lipinski definition) is 3. The Bertz CT molecular complexity index is 363. The number of fused-ring (bicyclic) bond motifs is 1. The minimum Gasteiger partial charge on any atom is -0.496 e. The van der Waals surface area contributed by atoms with Crippen LogP contribution in [0.25, 0.3) is 0 Å². The van der Waals surface area contributed by atoms with E-state index in [-0.39, 0.29) is 6.54 Å². The zero-order valence-electron chi connectivity index (χ0n) is 8.99. The molecule has 3 heteroatoms. The summed E-state index contributed by atoms with van der Waals surface area (Å²) in [5.74, 6) is 0.758. The van der Waals surface area contributed by atoms with E-state index in [1.807, 2.05) is 6.07 Å². The fourth-order valence-electron chi connectivity index (χ4n) is 2.33. The molecule has 0 aromatic heterocycles. The lowest BCUT2D eigenvalue weighted by atomic mass is 9.98. The maximum atomic E-state index is 9.90. The summed E-state index contributed by atoms with van der Waals surface area (Å²) in [6.45, 7) is 0.243. The highest BCUT2D eigenvalue weighted by atomic mass is 16.5. The largest absolute Gasteiger partial charge is 0.496 e. The second kappa shape index (κ2) is 4.21. The van der Waals surface area contributed by atoms with Crippen LogP contribution in [0.3, 0.4) is 0 Å². The van der Waals surface area contributed by atoms with Crippen molar-refractivity contribution >= 4 is 0 Å². The molecule has 3 nitrogen and oxygen atoms in total. The highest BCUT2D eigenvalue weighted by Gasteiger charge is 2.22. The summed E-state index contributed by atoms with van der Waals surface area (Å²) in [4.78, 5) is 0. The van der Waals surface area contributed by atoms with E-state index in [1.165, 1.54) is 11.1 Å². The van der Waals surface area contributed by atoms with Crippen molar-refractivity contribution in [2.24, 2.45) is 5.73 Å². The first-order valence-electron chi connectivity index (χ1n) is 5.34. The summed E-state index contributed by atoms with van der Waals surface area (Å²) in [5.41, 5.74) is 8.99. The third-order valence-electron chi connectivity index (χ3n) is 3.06. The van der Waals surface area contributed by atoms with Gasteiger partial charge in [-0.2, -0.15) is 0 Å². The van der Waals surface area contributed by atoms with Gasteiger partial charge < -0.3 is 15.6 Å². The Morgan fingerprint density at radius 1 is 1.47 bits per heavy atom. The van der Waals surface area contributed by atoms with Gasteiger partial charge in [0, 0.05) is 12.1 Å². The Morgan fingerprint density at radius 3 is 2.93 bits per heavy atom. The lowest BCUT2D eigenvalue weighted by molar-refractivity contribution is 0.181. The summed E-state index contributed by atoms with van der Waals surface area (Å²) in [6, 6.07) is 4.02. The van der Waals surface area contributed by atoms with E-state index in [9.17, 15) is 5.11 Å². The molecule has 1 aromatic rings. The van der Waals surface area contributed by atoms with Gasteiger partial charge in [-0.05, 0) is 36.5 Å². The maximum Gasteiger partial charge on any atom is 0.125 e. The van der Waals surface area contributed by atoms with Gasteiger partial charge in [0.2, 0.25) is 0 Å². The topological polar surface area (TPSA) is 55.5 Å². The predicted octanol–water partition coefficient (Wildman–Crippen LogP) is 1.18. The molecule has 2 rings (SSSR count). The van der Waals surface area contributed by atoms with Crippen molar-refractivity contribution in [2.75, 3.05) is 13.7 Å². The zero-order valence-corrected chi connectivity index (χ0v) is 8.99. The number of rotatable bonds is 3. The van der Waals surface area contributed by atoms with Crippen LogP contribution in [0.2, 0.25) is 0 Å². The van der Waals surface area contributed by atoms with Crippen molar-refractivity contribution < 1.29 is 9.84 Å². The number of methoxy groups -OCH3 is 1. The molecule has 0 amide bonds. The van der Waals surface area contributed by atoms with Crippen molar-refractivity contribution in [3.05, 3.63) is 28.8 Å². The number of aliphatic hydroxyl groups excluding tert-OH is 1. The van der Waals surface area contributed by atoms with Crippen LogP contribution in [0.1, 0.15) is 29.2 Å². The molecule has 0 heterocycles. The molecule has 0 aliphatic heterocycles. The molecular formula is C12H17NO2. The minimum absolute atomic E-state index is 0.243. The Labute approximate surface area is 89.9 Å². The fourth-order valence-corrected chi connectivity index (χ4v) is 2.33. The van der Waals surface area contributed by atoms with Crippen molar-refractivity contribution in [1.29, 1.82) is 0 Å². The Morgan fingerprint density at radius 2 is 2.27 bits per heavy atom. The third-order valence-corrected chi connectivity index (χ3v) is 3.06. The van der Waals surface area contributed by atoms with Crippen LogP contribution in [-0.4, -0.2) is 18.8 Å². The number of ether oxygens (including phenoxy) is 1. The van der Waals surface area contributed by atoms with Gasteiger partial charge >= 0.3 is 0 Å². The fraction of sp³-hybridized carbons (Fsp3) is 0.500. The van der Waals surface area contributed by atoms with Crippen molar-refractivity contribution in [3.8, 4) is 5.75 Å². The molecule has 82 valence electrons. The van der Waals surface area contributed by atoms with E-state index in [4.69, 9.17) is 10.5 Å². The molecule has 1 unspecified atom stereocenters. The first kappa shape index (κ1) is 10.5. The lowest BCUT2D eigenvalue weighted by Gasteiger charge is -2.17. The first-order valence-corrected chi connectivity index (χ1v) is 5.34. The van der Waals surface area contributed by atoms with Crippen LogP contribution in [-0.2, 0) is 12.8 Å². The second-order valence-electron chi connectivity index (χ2n) is 3.92. The Balaban J connectivity index is 2.52. The van der Waals surface area contributed by atoms with Crippen LogP contribution in [0, 0.1) is 0 Å². The summed E-state index contributed by atoms with van der Waals surface area (Å²) in [7, 11) is 1.63. The van der Waals surface area contributed by atoms with Crippen molar-refractivity contribution in [1.82, 2.24) is 0 Å². The lowest BCUT2D eigenvalue weighted by Crippen LogP contribution is -2.14. The Hall–Kier alpha value is -1.06. The molecule has 1 aromatic carbocycles.